The Balaban J connectivity index is 2.19. The zero-order chi connectivity index (χ0) is 9.97. The number of nitrogens with zero attached hydrogens (tertiary/aromatic N) is 1. The first-order valence-corrected chi connectivity index (χ1v) is 4.95. The van der Waals surface area contributed by atoms with Gasteiger partial charge in [-0.05, 0) is 24.6 Å². The fraction of sp³-hybridized carbons (Fsp3) is 0.300. The topological polar surface area (TPSA) is 36.4 Å². The van der Waals surface area contributed by atoms with E-state index in [9.17, 15) is 0 Å². The summed E-state index contributed by atoms with van der Waals surface area (Å²) in [6.07, 6.45) is 0. The monoisotopic (exact) mass is 209 g/mol. The number of anilines is 1. The van der Waals surface area contributed by atoms with Gasteiger partial charge < -0.3 is 10.6 Å². The second-order valence-corrected chi connectivity index (χ2v) is 3.67. The third-order valence-corrected chi connectivity index (χ3v) is 2.38. The van der Waals surface area contributed by atoms with Crippen LogP contribution in [-0.2, 0) is 0 Å². The normalized spacial score (nSPS) is 14.9. The quantitative estimate of drug-likeness (QED) is 0.743. The van der Waals surface area contributed by atoms with Crippen LogP contribution in [0.25, 0.3) is 0 Å². The van der Waals surface area contributed by atoms with Crippen molar-refractivity contribution in [3.8, 4) is 0 Å². The van der Waals surface area contributed by atoms with Crippen LogP contribution in [0.5, 0.6) is 0 Å². The second kappa shape index (κ2) is 3.88. The maximum Gasteiger partial charge on any atom is 0.195 e. The third-order valence-electron chi connectivity index (χ3n) is 2.05. The molecule has 1 aromatic carbocycles. The fourth-order valence-corrected chi connectivity index (χ4v) is 1.51. The predicted octanol–water partition coefficient (Wildman–Crippen LogP) is 2.02. The van der Waals surface area contributed by atoms with E-state index in [-0.39, 0.29) is 0 Å². The number of hydrogen-bond acceptors (Lipinski definition) is 3. The van der Waals surface area contributed by atoms with E-state index in [0.717, 1.165) is 24.7 Å². The lowest BCUT2D eigenvalue weighted by Crippen LogP contribution is -2.26. The molecule has 0 unspecified atom stereocenters. The van der Waals surface area contributed by atoms with Crippen molar-refractivity contribution in [2.45, 2.75) is 6.92 Å². The Morgan fingerprint density at radius 3 is 3.07 bits per heavy atom. The Morgan fingerprint density at radius 2 is 2.36 bits per heavy atom. The highest BCUT2D eigenvalue weighted by molar-refractivity contribution is 6.33. The molecule has 0 spiro atoms. The molecule has 0 amide bonds. The molecule has 1 heterocycles. The number of nitrogens with one attached hydrogen (secondary N) is 2. The van der Waals surface area contributed by atoms with Crippen molar-refractivity contribution in [1.82, 2.24) is 5.32 Å². The summed E-state index contributed by atoms with van der Waals surface area (Å²) < 4.78 is 0. The first-order chi connectivity index (χ1) is 6.75. The third kappa shape index (κ3) is 1.99. The molecule has 0 aromatic heterocycles. The Hall–Kier alpha value is -1.22. The van der Waals surface area contributed by atoms with Gasteiger partial charge in [-0.1, -0.05) is 17.7 Å². The lowest BCUT2D eigenvalue weighted by Gasteiger charge is -2.08. The summed E-state index contributed by atoms with van der Waals surface area (Å²) in [7, 11) is 0. The molecule has 14 heavy (non-hydrogen) atoms. The highest BCUT2D eigenvalue weighted by Crippen LogP contribution is 2.22. The number of rotatable bonds is 1. The van der Waals surface area contributed by atoms with E-state index in [1.54, 1.807) is 0 Å². The first kappa shape index (κ1) is 9.34. The van der Waals surface area contributed by atoms with Crippen molar-refractivity contribution in [1.29, 1.82) is 0 Å². The molecule has 4 heteroatoms. The largest absolute Gasteiger partial charge is 0.354 e. The minimum Gasteiger partial charge on any atom is -0.354 e. The van der Waals surface area contributed by atoms with Gasteiger partial charge in [-0.25, -0.2) is 0 Å². The Labute approximate surface area is 88.2 Å². The second-order valence-electron chi connectivity index (χ2n) is 3.27. The fourth-order valence-electron chi connectivity index (χ4n) is 1.34. The minimum absolute atomic E-state index is 0.715. The Morgan fingerprint density at radius 1 is 1.50 bits per heavy atom. The first-order valence-electron chi connectivity index (χ1n) is 4.57. The highest BCUT2D eigenvalue weighted by atomic mass is 35.5. The molecule has 2 N–H and O–H groups in total. The van der Waals surface area contributed by atoms with Gasteiger partial charge in [-0.15, -0.1) is 0 Å². The Bertz CT molecular complexity index is 374. The number of guanidine groups is 1. The van der Waals surface area contributed by atoms with Gasteiger partial charge in [0, 0.05) is 6.54 Å². The molecule has 0 radical (unpaired) electrons. The summed E-state index contributed by atoms with van der Waals surface area (Å²) in [6, 6.07) is 5.87. The standard InChI is InChI=1S/C10H12ClN3/c1-7-2-3-8(11)9(6-7)14-10-12-4-5-13-10/h2-3,6H,4-5H2,1H3,(H2,12,13,14). The van der Waals surface area contributed by atoms with Crippen molar-refractivity contribution < 1.29 is 0 Å². The van der Waals surface area contributed by atoms with Crippen molar-refractivity contribution in [2.24, 2.45) is 4.99 Å². The number of aryl methyl sites for hydroxylation is 1. The van der Waals surface area contributed by atoms with Crippen LogP contribution in [0.1, 0.15) is 5.56 Å². The molecular formula is C10H12ClN3. The predicted molar refractivity (Wildman–Crippen MR) is 60.1 cm³/mol. The van der Waals surface area contributed by atoms with Crippen LogP contribution >= 0.6 is 11.6 Å². The van der Waals surface area contributed by atoms with Gasteiger partial charge >= 0.3 is 0 Å². The SMILES string of the molecule is Cc1ccc(Cl)c(NC2=NCCN2)c1. The zero-order valence-corrected chi connectivity index (χ0v) is 8.73. The van der Waals surface area contributed by atoms with Gasteiger partial charge in [0.15, 0.2) is 5.96 Å². The van der Waals surface area contributed by atoms with E-state index in [0.29, 0.717) is 5.02 Å². The molecule has 0 fully saturated rings. The van der Waals surface area contributed by atoms with E-state index in [1.165, 1.54) is 5.56 Å². The van der Waals surface area contributed by atoms with Crippen molar-refractivity contribution in [2.75, 3.05) is 18.4 Å². The number of benzene rings is 1. The summed E-state index contributed by atoms with van der Waals surface area (Å²) in [5, 5.41) is 7.00. The van der Waals surface area contributed by atoms with E-state index in [4.69, 9.17) is 11.6 Å². The molecule has 1 aliphatic heterocycles. The molecule has 0 atom stereocenters. The zero-order valence-electron chi connectivity index (χ0n) is 7.97. The number of aliphatic imine (C=N–C) groups is 1. The molecule has 0 saturated heterocycles. The lowest BCUT2D eigenvalue weighted by molar-refractivity contribution is 0.959. The summed E-state index contributed by atoms with van der Waals surface area (Å²) in [5.74, 6) is 0.803. The molecule has 74 valence electrons. The highest BCUT2D eigenvalue weighted by Gasteiger charge is 2.07. The van der Waals surface area contributed by atoms with Gasteiger partial charge in [0.25, 0.3) is 0 Å². The minimum atomic E-state index is 0.715. The molecule has 0 bridgehead atoms. The van der Waals surface area contributed by atoms with Crippen molar-refractivity contribution in [3.63, 3.8) is 0 Å². The van der Waals surface area contributed by atoms with Crippen molar-refractivity contribution in [3.05, 3.63) is 28.8 Å². The molecular weight excluding hydrogens is 198 g/mol. The van der Waals surface area contributed by atoms with Gasteiger partial charge in [0.2, 0.25) is 0 Å². The van der Waals surface area contributed by atoms with Gasteiger partial charge in [0.05, 0.1) is 17.3 Å². The van der Waals surface area contributed by atoms with Crippen LogP contribution in [0, 0.1) is 6.92 Å². The van der Waals surface area contributed by atoms with Gasteiger partial charge in [0.1, 0.15) is 0 Å². The van der Waals surface area contributed by atoms with Crippen LogP contribution < -0.4 is 10.6 Å². The lowest BCUT2D eigenvalue weighted by atomic mass is 10.2. The Kier molecular flexibility index (Phi) is 2.59. The molecule has 1 aromatic rings. The average molecular weight is 210 g/mol. The summed E-state index contributed by atoms with van der Waals surface area (Å²) in [5.41, 5.74) is 2.08. The van der Waals surface area contributed by atoms with E-state index in [2.05, 4.69) is 15.6 Å². The summed E-state index contributed by atoms with van der Waals surface area (Å²) in [6.45, 7) is 3.75. The van der Waals surface area contributed by atoms with Crippen molar-refractivity contribution >= 4 is 23.2 Å². The molecule has 2 rings (SSSR count). The molecule has 0 aliphatic carbocycles. The number of hydrogen-bond donors (Lipinski definition) is 2. The van der Waals surface area contributed by atoms with Crippen LogP contribution in [0.2, 0.25) is 5.02 Å². The maximum absolute atomic E-state index is 6.03. The van der Waals surface area contributed by atoms with Gasteiger partial charge in [-0.3, -0.25) is 4.99 Å². The molecule has 3 nitrogen and oxygen atoms in total. The van der Waals surface area contributed by atoms with Crippen LogP contribution in [0.3, 0.4) is 0 Å². The van der Waals surface area contributed by atoms with Crippen LogP contribution in [0.15, 0.2) is 23.2 Å². The smallest absolute Gasteiger partial charge is 0.195 e. The summed E-state index contributed by atoms with van der Waals surface area (Å²) >= 11 is 6.03. The van der Waals surface area contributed by atoms with Crippen LogP contribution in [0.4, 0.5) is 5.69 Å². The molecule has 1 aliphatic rings. The van der Waals surface area contributed by atoms with E-state index in [1.807, 2.05) is 25.1 Å². The van der Waals surface area contributed by atoms with E-state index >= 15 is 0 Å². The summed E-state index contributed by atoms with van der Waals surface area (Å²) in [4.78, 5) is 4.24. The molecule has 0 saturated carbocycles. The van der Waals surface area contributed by atoms with Crippen LogP contribution in [-0.4, -0.2) is 19.0 Å². The average Bonchev–Trinajstić information content (AvgIpc) is 2.64. The van der Waals surface area contributed by atoms with E-state index < -0.39 is 0 Å². The number of halogens is 1. The maximum atomic E-state index is 6.03. The van der Waals surface area contributed by atoms with Gasteiger partial charge in [-0.2, -0.15) is 0 Å².